The predicted molar refractivity (Wildman–Crippen MR) is 99.6 cm³/mol. The number of hydrogen-bond donors (Lipinski definition) is 2. The van der Waals surface area contributed by atoms with E-state index in [0.717, 1.165) is 11.0 Å². The van der Waals surface area contributed by atoms with E-state index in [1.54, 1.807) is 0 Å². The van der Waals surface area contributed by atoms with Crippen LogP contribution in [0.1, 0.15) is 16.2 Å². The van der Waals surface area contributed by atoms with E-state index in [2.05, 4.69) is 15.0 Å². The number of nitrogens with zero attached hydrogens (tertiary/aromatic N) is 2. The molecule has 2 N–H and O–H groups in total. The third-order valence-electron chi connectivity index (χ3n) is 4.05. The van der Waals surface area contributed by atoms with Gasteiger partial charge < -0.3 is 9.88 Å². The van der Waals surface area contributed by atoms with Crippen molar-refractivity contribution in [3.63, 3.8) is 0 Å². The molecule has 136 valence electrons. The molecule has 9 heteroatoms. The summed E-state index contributed by atoms with van der Waals surface area (Å²) in [6.07, 6.45) is 0. The van der Waals surface area contributed by atoms with Gasteiger partial charge in [-0.3, -0.25) is 4.79 Å². The van der Waals surface area contributed by atoms with Crippen molar-refractivity contribution in [1.29, 1.82) is 0 Å². The van der Waals surface area contributed by atoms with Gasteiger partial charge in [-0.2, -0.15) is 0 Å². The van der Waals surface area contributed by atoms with Crippen LogP contribution in [0.5, 0.6) is 0 Å². The third kappa shape index (κ3) is 3.44. The van der Waals surface area contributed by atoms with Gasteiger partial charge in [0.1, 0.15) is 5.82 Å². The number of imidazole rings is 1. The highest BCUT2D eigenvalue weighted by Crippen LogP contribution is 2.21. The van der Waals surface area contributed by atoms with E-state index in [9.17, 15) is 13.2 Å². The molecule has 0 aliphatic carbocycles. The average molecular weight is 393 g/mol. The van der Waals surface area contributed by atoms with Gasteiger partial charge in [0.15, 0.2) is 0 Å². The van der Waals surface area contributed by atoms with Crippen LogP contribution in [0.3, 0.4) is 0 Å². The van der Waals surface area contributed by atoms with Crippen molar-refractivity contribution < 1.29 is 13.2 Å². The minimum Gasteiger partial charge on any atom is -0.345 e. The van der Waals surface area contributed by atoms with Crippen LogP contribution in [0, 0.1) is 0 Å². The van der Waals surface area contributed by atoms with E-state index in [1.165, 1.54) is 25.2 Å². The van der Waals surface area contributed by atoms with Crippen molar-refractivity contribution >= 4 is 38.6 Å². The largest absolute Gasteiger partial charge is 0.345 e. The van der Waals surface area contributed by atoms with Crippen LogP contribution >= 0.6 is 11.6 Å². The zero-order valence-corrected chi connectivity index (χ0v) is 15.7. The molecule has 0 bridgehead atoms. The number of rotatable bonds is 5. The van der Waals surface area contributed by atoms with E-state index in [0.29, 0.717) is 5.82 Å². The lowest BCUT2D eigenvalue weighted by Crippen LogP contribution is -2.25. The number of benzene rings is 2. The molecular weight excluding hydrogens is 376 g/mol. The van der Waals surface area contributed by atoms with Gasteiger partial charge >= 0.3 is 0 Å². The minimum absolute atomic E-state index is 0.0303. The first-order chi connectivity index (χ1) is 12.3. The summed E-state index contributed by atoms with van der Waals surface area (Å²) in [6.45, 7) is 0.184. The van der Waals surface area contributed by atoms with Crippen molar-refractivity contribution in [2.75, 3.05) is 7.05 Å². The number of para-hydroxylation sites is 2. The van der Waals surface area contributed by atoms with Crippen molar-refractivity contribution in [3.8, 4) is 0 Å². The smallest absolute Gasteiger partial charge is 0.253 e. The summed E-state index contributed by atoms with van der Waals surface area (Å²) in [6, 6.07) is 11.6. The molecule has 0 fully saturated rings. The van der Waals surface area contributed by atoms with Gasteiger partial charge in [0, 0.05) is 7.05 Å². The summed E-state index contributed by atoms with van der Waals surface area (Å²) in [5.74, 6) is 0.199. The lowest BCUT2D eigenvalue weighted by Gasteiger charge is -2.09. The van der Waals surface area contributed by atoms with Crippen LogP contribution < -0.4 is 10.0 Å². The Morgan fingerprint density at radius 2 is 1.96 bits per heavy atom. The number of nitrogens with one attached hydrogen (secondary N) is 2. The summed E-state index contributed by atoms with van der Waals surface area (Å²) in [7, 11) is -0.501. The third-order valence-corrected chi connectivity index (χ3v) is 5.79. The molecule has 3 aromatic rings. The number of aryl methyl sites for hydroxylation is 1. The summed E-state index contributed by atoms with van der Waals surface area (Å²) >= 11 is 6.06. The molecule has 0 radical (unpaired) electrons. The minimum atomic E-state index is -3.67. The van der Waals surface area contributed by atoms with Crippen molar-refractivity contribution in [3.05, 3.63) is 58.9 Å². The van der Waals surface area contributed by atoms with Gasteiger partial charge in [-0.05, 0) is 37.4 Å². The molecule has 0 saturated carbocycles. The van der Waals surface area contributed by atoms with Crippen LogP contribution in [-0.4, -0.2) is 30.9 Å². The quantitative estimate of drug-likeness (QED) is 0.695. The highest BCUT2D eigenvalue weighted by Gasteiger charge is 2.18. The number of carbonyl (C=O) groups is 1. The van der Waals surface area contributed by atoms with Gasteiger partial charge in [0.2, 0.25) is 10.0 Å². The Morgan fingerprint density at radius 1 is 1.23 bits per heavy atom. The van der Waals surface area contributed by atoms with Crippen LogP contribution in [0.4, 0.5) is 0 Å². The Morgan fingerprint density at radius 3 is 2.65 bits per heavy atom. The van der Waals surface area contributed by atoms with Crippen LogP contribution in [0.25, 0.3) is 11.0 Å². The number of sulfonamides is 1. The molecule has 0 saturated heterocycles. The Labute approximate surface area is 156 Å². The standard InChI is InChI=1S/C17H17ClN4O3S/c1-19-26(24,25)11-7-8-13(18)12(9-11)17(23)20-10-16-21-14-5-3-4-6-15(14)22(16)2/h3-9,19H,10H2,1-2H3,(H,20,23). The number of hydrogen-bond acceptors (Lipinski definition) is 4. The molecule has 26 heavy (non-hydrogen) atoms. The van der Waals surface area contributed by atoms with Crippen LogP contribution in [0.15, 0.2) is 47.4 Å². The summed E-state index contributed by atoms with van der Waals surface area (Å²) in [5, 5.41) is 2.90. The Bertz CT molecular complexity index is 1090. The van der Waals surface area contributed by atoms with Crippen LogP contribution in [0.2, 0.25) is 5.02 Å². The lowest BCUT2D eigenvalue weighted by atomic mass is 10.2. The normalized spacial score (nSPS) is 11.7. The molecule has 7 nitrogen and oxygen atoms in total. The maximum atomic E-state index is 12.5. The maximum absolute atomic E-state index is 12.5. The Kier molecular flexibility index (Phi) is 4.99. The van der Waals surface area contributed by atoms with E-state index < -0.39 is 15.9 Å². The number of carbonyl (C=O) groups excluding carboxylic acids is 1. The molecule has 1 aromatic heterocycles. The fourth-order valence-electron chi connectivity index (χ4n) is 2.57. The van der Waals surface area contributed by atoms with Crippen LogP contribution in [-0.2, 0) is 23.6 Å². The summed E-state index contributed by atoms with van der Waals surface area (Å²) < 4.78 is 27.9. The molecular formula is C17H17ClN4O3S. The number of halogens is 1. The molecule has 1 heterocycles. The van der Waals surface area contributed by atoms with E-state index in [1.807, 2.05) is 35.9 Å². The Balaban J connectivity index is 1.84. The molecule has 0 aliphatic heterocycles. The number of aromatic nitrogens is 2. The highest BCUT2D eigenvalue weighted by atomic mass is 35.5. The molecule has 0 aliphatic rings. The van der Waals surface area contributed by atoms with E-state index >= 15 is 0 Å². The molecule has 0 atom stereocenters. The first-order valence-electron chi connectivity index (χ1n) is 7.75. The monoisotopic (exact) mass is 392 g/mol. The van der Waals surface area contributed by atoms with Gasteiger partial charge in [-0.1, -0.05) is 23.7 Å². The van der Waals surface area contributed by atoms with Crippen molar-refractivity contribution in [1.82, 2.24) is 19.6 Å². The average Bonchev–Trinajstić information content (AvgIpc) is 2.96. The van der Waals surface area contributed by atoms with Gasteiger partial charge in [0.25, 0.3) is 5.91 Å². The fourth-order valence-corrected chi connectivity index (χ4v) is 3.53. The van der Waals surface area contributed by atoms with E-state index in [4.69, 9.17) is 11.6 Å². The van der Waals surface area contributed by atoms with Crippen molar-refractivity contribution in [2.45, 2.75) is 11.4 Å². The van der Waals surface area contributed by atoms with Gasteiger partial charge in [0.05, 0.1) is 33.1 Å². The van der Waals surface area contributed by atoms with Gasteiger partial charge in [-0.15, -0.1) is 0 Å². The SMILES string of the molecule is CNS(=O)(=O)c1ccc(Cl)c(C(=O)NCc2nc3ccccc3n2C)c1. The predicted octanol–water partition coefficient (Wildman–Crippen LogP) is 2.06. The second-order valence-electron chi connectivity index (χ2n) is 5.61. The van der Waals surface area contributed by atoms with E-state index in [-0.39, 0.29) is 22.0 Å². The second-order valence-corrected chi connectivity index (χ2v) is 7.90. The topological polar surface area (TPSA) is 93.1 Å². The summed E-state index contributed by atoms with van der Waals surface area (Å²) in [4.78, 5) is 16.9. The first kappa shape index (κ1) is 18.4. The molecule has 0 spiro atoms. The molecule has 2 aromatic carbocycles. The molecule has 1 amide bonds. The van der Waals surface area contributed by atoms with Crippen molar-refractivity contribution in [2.24, 2.45) is 7.05 Å². The highest BCUT2D eigenvalue weighted by molar-refractivity contribution is 7.89. The second kappa shape index (κ2) is 7.06. The molecule has 0 unspecified atom stereocenters. The molecule has 3 rings (SSSR count). The lowest BCUT2D eigenvalue weighted by molar-refractivity contribution is 0.0949. The fraction of sp³-hybridized carbons (Fsp3) is 0.176. The number of amides is 1. The zero-order chi connectivity index (χ0) is 18.9. The number of fused-ring (bicyclic) bond motifs is 1. The summed E-state index contributed by atoms with van der Waals surface area (Å²) in [5.41, 5.74) is 1.87. The first-order valence-corrected chi connectivity index (χ1v) is 9.61. The maximum Gasteiger partial charge on any atom is 0.253 e. The Hall–Kier alpha value is -2.42. The zero-order valence-electron chi connectivity index (χ0n) is 14.2. The van der Waals surface area contributed by atoms with Gasteiger partial charge in [-0.25, -0.2) is 18.1 Å².